The molecule has 0 aliphatic heterocycles. The second-order valence-corrected chi connectivity index (χ2v) is 3.96. The Bertz CT molecular complexity index is 391. The molecule has 0 saturated carbocycles. The van der Waals surface area contributed by atoms with Gasteiger partial charge in [0.1, 0.15) is 11.9 Å². The first-order chi connectivity index (χ1) is 7.06. The first-order valence-electron chi connectivity index (χ1n) is 4.24. The second kappa shape index (κ2) is 5.21. The Morgan fingerprint density at radius 1 is 1.47 bits per heavy atom. The normalized spacial score (nSPS) is 14.3. The standard InChI is InChI=1S/C10H9BrFNO2/c11-6-1-2-8(12)7(5-6)10(15)9(14)3-4-13/h1-2,5,9-10,14-15H,3H2. The van der Waals surface area contributed by atoms with Crippen molar-refractivity contribution in [2.75, 3.05) is 0 Å². The van der Waals surface area contributed by atoms with Crippen molar-refractivity contribution in [1.29, 1.82) is 5.26 Å². The fourth-order valence-corrected chi connectivity index (χ4v) is 1.53. The second-order valence-electron chi connectivity index (χ2n) is 3.04. The van der Waals surface area contributed by atoms with Crippen LogP contribution >= 0.6 is 15.9 Å². The van der Waals surface area contributed by atoms with Crippen LogP contribution in [-0.4, -0.2) is 16.3 Å². The maximum absolute atomic E-state index is 13.2. The number of nitrogens with zero attached hydrogens (tertiary/aromatic N) is 1. The summed E-state index contributed by atoms with van der Waals surface area (Å²) in [4.78, 5) is 0. The summed E-state index contributed by atoms with van der Waals surface area (Å²) < 4.78 is 13.8. The van der Waals surface area contributed by atoms with Crippen molar-refractivity contribution in [3.8, 4) is 6.07 Å². The monoisotopic (exact) mass is 273 g/mol. The van der Waals surface area contributed by atoms with Gasteiger partial charge in [-0.1, -0.05) is 15.9 Å². The zero-order chi connectivity index (χ0) is 11.4. The first-order valence-corrected chi connectivity index (χ1v) is 5.03. The van der Waals surface area contributed by atoms with Gasteiger partial charge in [0.05, 0.1) is 18.6 Å². The van der Waals surface area contributed by atoms with Crippen molar-refractivity contribution >= 4 is 15.9 Å². The molecule has 0 saturated heterocycles. The van der Waals surface area contributed by atoms with E-state index in [2.05, 4.69) is 15.9 Å². The number of halogens is 2. The smallest absolute Gasteiger partial charge is 0.129 e. The van der Waals surface area contributed by atoms with Crippen molar-refractivity contribution in [3.63, 3.8) is 0 Å². The summed E-state index contributed by atoms with van der Waals surface area (Å²) in [5.41, 5.74) is -0.0212. The number of aliphatic hydroxyl groups excluding tert-OH is 2. The molecular formula is C10H9BrFNO2. The van der Waals surface area contributed by atoms with E-state index in [1.54, 1.807) is 6.07 Å². The Morgan fingerprint density at radius 3 is 2.73 bits per heavy atom. The highest BCUT2D eigenvalue weighted by molar-refractivity contribution is 9.10. The zero-order valence-electron chi connectivity index (χ0n) is 7.69. The summed E-state index contributed by atoms with van der Waals surface area (Å²) in [6.07, 6.45) is -2.91. The maximum atomic E-state index is 13.2. The van der Waals surface area contributed by atoms with Crippen LogP contribution < -0.4 is 0 Å². The fourth-order valence-electron chi connectivity index (χ4n) is 1.15. The lowest BCUT2D eigenvalue weighted by Gasteiger charge is -2.16. The van der Waals surface area contributed by atoms with Gasteiger partial charge in [0.2, 0.25) is 0 Å². The number of benzene rings is 1. The van der Waals surface area contributed by atoms with E-state index in [4.69, 9.17) is 5.26 Å². The molecular weight excluding hydrogens is 265 g/mol. The van der Waals surface area contributed by atoms with Crippen LogP contribution in [0.2, 0.25) is 0 Å². The van der Waals surface area contributed by atoms with Gasteiger partial charge >= 0.3 is 0 Å². The number of nitriles is 1. The van der Waals surface area contributed by atoms with Crippen molar-refractivity contribution in [1.82, 2.24) is 0 Å². The van der Waals surface area contributed by atoms with Crippen molar-refractivity contribution < 1.29 is 14.6 Å². The van der Waals surface area contributed by atoms with E-state index in [9.17, 15) is 14.6 Å². The van der Waals surface area contributed by atoms with Crippen molar-refractivity contribution in [2.24, 2.45) is 0 Å². The van der Waals surface area contributed by atoms with Gasteiger partial charge in [-0.25, -0.2) is 4.39 Å². The summed E-state index contributed by atoms with van der Waals surface area (Å²) in [5.74, 6) is -0.609. The molecule has 0 radical (unpaired) electrons. The van der Waals surface area contributed by atoms with E-state index in [1.165, 1.54) is 18.2 Å². The number of hydrogen-bond acceptors (Lipinski definition) is 3. The lowest BCUT2D eigenvalue weighted by atomic mass is 10.0. The van der Waals surface area contributed by atoms with Gasteiger partial charge in [-0.15, -0.1) is 0 Å². The van der Waals surface area contributed by atoms with E-state index in [-0.39, 0.29) is 12.0 Å². The summed E-state index contributed by atoms with van der Waals surface area (Å²) in [7, 11) is 0. The topological polar surface area (TPSA) is 64.2 Å². The molecule has 0 heterocycles. The lowest BCUT2D eigenvalue weighted by Crippen LogP contribution is -2.18. The molecule has 3 nitrogen and oxygen atoms in total. The Balaban J connectivity index is 2.95. The molecule has 0 aliphatic rings. The van der Waals surface area contributed by atoms with Gasteiger partial charge < -0.3 is 10.2 Å². The van der Waals surface area contributed by atoms with Crippen LogP contribution in [-0.2, 0) is 0 Å². The molecule has 5 heteroatoms. The van der Waals surface area contributed by atoms with Crippen LogP contribution in [0.5, 0.6) is 0 Å². The van der Waals surface area contributed by atoms with Crippen LogP contribution in [0.3, 0.4) is 0 Å². The van der Waals surface area contributed by atoms with Gasteiger partial charge in [-0.05, 0) is 18.2 Å². The average Bonchev–Trinajstić information content (AvgIpc) is 2.21. The van der Waals surface area contributed by atoms with Gasteiger partial charge in [-0.2, -0.15) is 5.26 Å². The number of hydrogen-bond donors (Lipinski definition) is 2. The molecule has 2 atom stereocenters. The van der Waals surface area contributed by atoms with Crippen LogP contribution in [0.15, 0.2) is 22.7 Å². The van der Waals surface area contributed by atoms with E-state index >= 15 is 0 Å². The number of aliphatic hydroxyl groups is 2. The molecule has 1 aromatic carbocycles. The van der Waals surface area contributed by atoms with Gasteiger partial charge in [0.15, 0.2) is 0 Å². The Morgan fingerprint density at radius 2 is 2.13 bits per heavy atom. The molecule has 15 heavy (non-hydrogen) atoms. The minimum Gasteiger partial charge on any atom is -0.389 e. The summed E-state index contributed by atoms with van der Waals surface area (Å²) in [5, 5.41) is 27.2. The third kappa shape index (κ3) is 2.99. The average molecular weight is 274 g/mol. The van der Waals surface area contributed by atoms with E-state index < -0.39 is 18.0 Å². The molecule has 2 N–H and O–H groups in total. The van der Waals surface area contributed by atoms with Gasteiger partial charge in [0.25, 0.3) is 0 Å². The van der Waals surface area contributed by atoms with Crippen LogP contribution in [0.25, 0.3) is 0 Å². The molecule has 2 unspecified atom stereocenters. The molecule has 0 bridgehead atoms. The Kier molecular flexibility index (Phi) is 4.21. The molecule has 1 rings (SSSR count). The third-order valence-corrected chi connectivity index (χ3v) is 2.43. The molecule has 1 aromatic rings. The summed E-state index contributed by atoms with van der Waals surface area (Å²) in [6.45, 7) is 0. The maximum Gasteiger partial charge on any atom is 0.129 e. The highest BCUT2D eigenvalue weighted by Crippen LogP contribution is 2.24. The molecule has 0 aliphatic carbocycles. The van der Waals surface area contributed by atoms with Crippen LogP contribution in [0, 0.1) is 17.1 Å². The van der Waals surface area contributed by atoms with E-state index in [1.807, 2.05) is 0 Å². The predicted molar refractivity (Wildman–Crippen MR) is 55.3 cm³/mol. The van der Waals surface area contributed by atoms with Crippen LogP contribution in [0.1, 0.15) is 18.1 Å². The molecule has 0 aromatic heterocycles. The lowest BCUT2D eigenvalue weighted by molar-refractivity contribution is 0.0195. The highest BCUT2D eigenvalue weighted by Gasteiger charge is 2.21. The quantitative estimate of drug-likeness (QED) is 0.884. The molecule has 0 fully saturated rings. The summed E-state index contributed by atoms with van der Waals surface area (Å²) >= 11 is 3.13. The minimum absolute atomic E-state index is 0.0212. The fraction of sp³-hybridized carbons (Fsp3) is 0.300. The Hall–Kier alpha value is -0.960. The van der Waals surface area contributed by atoms with Crippen molar-refractivity contribution in [3.05, 3.63) is 34.1 Å². The van der Waals surface area contributed by atoms with E-state index in [0.717, 1.165) is 0 Å². The predicted octanol–water partition coefficient (Wildman–Crippen LogP) is 1.90. The number of rotatable bonds is 3. The third-order valence-electron chi connectivity index (χ3n) is 1.94. The minimum atomic E-state index is -1.39. The largest absolute Gasteiger partial charge is 0.389 e. The SMILES string of the molecule is N#CCC(O)C(O)c1cc(Br)ccc1F. The van der Waals surface area contributed by atoms with E-state index in [0.29, 0.717) is 4.47 Å². The van der Waals surface area contributed by atoms with Crippen molar-refractivity contribution in [2.45, 2.75) is 18.6 Å². The highest BCUT2D eigenvalue weighted by atomic mass is 79.9. The zero-order valence-corrected chi connectivity index (χ0v) is 9.28. The Labute approximate surface area is 94.9 Å². The van der Waals surface area contributed by atoms with Gasteiger partial charge in [-0.3, -0.25) is 0 Å². The molecule has 0 spiro atoms. The van der Waals surface area contributed by atoms with Gasteiger partial charge in [0, 0.05) is 10.0 Å². The first kappa shape index (κ1) is 12.1. The van der Waals surface area contributed by atoms with Crippen LogP contribution in [0.4, 0.5) is 4.39 Å². The summed E-state index contributed by atoms with van der Waals surface area (Å²) in [6, 6.07) is 5.75. The molecule has 80 valence electrons. The molecule has 0 amide bonds.